The van der Waals surface area contributed by atoms with Crippen molar-refractivity contribution in [1.82, 2.24) is 14.3 Å². The number of ketones is 1. The molecule has 0 saturated carbocycles. The molecule has 0 radical (unpaired) electrons. The third kappa shape index (κ3) is 4.21. The average molecular weight is 459 g/mol. The van der Waals surface area contributed by atoms with Gasteiger partial charge < -0.3 is 9.77 Å². The lowest BCUT2D eigenvalue weighted by Gasteiger charge is -2.04. The van der Waals surface area contributed by atoms with Crippen molar-refractivity contribution in [1.29, 1.82) is 0 Å². The Hall–Kier alpha value is -3.49. The molecule has 0 aliphatic carbocycles. The summed E-state index contributed by atoms with van der Waals surface area (Å²) in [4.78, 5) is 33.5. The monoisotopic (exact) mass is 458 g/mol. The second-order valence-electron chi connectivity index (χ2n) is 6.60. The van der Waals surface area contributed by atoms with Crippen LogP contribution in [0, 0.1) is 5.82 Å². The van der Waals surface area contributed by atoms with Gasteiger partial charge in [-0.15, -0.1) is 0 Å². The molecule has 3 aromatic heterocycles. The van der Waals surface area contributed by atoms with Crippen LogP contribution in [0.15, 0.2) is 66.2 Å². The first-order valence-corrected chi connectivity index (χ1v) is 9.67. The number of hydrogen-bond acceptors (Lipinski definition) is 4. The highest BCUT2D eigenvalue weighted by molar-refractivity contribution is 6.45. The lowest BCUT2D eigenvalue weighted by molar-refractivity contribution is -0.114. The number of benzene rings is 1. The standard InChI is InChI=1S/C21H13Cl2FN4O3/c22-16-10-28(31)11-17(23)18(16)26-21(30)19(29)15-9-27(20-14(15)2-1-7-25-20)8-12-3-5-13(24)6-4-12/h1-7,9-11,31H,8H2. The third-order valence-corrected chi connectivity index (χ3v) is 5.05. The summed E-state index contributed by atoms with van der Waals surface area (Å²) >= 11 is 11.9. The number of pyridine rings is 2. The number of hydrogen-bond donors (Lipinski definition) is 1. The van der Waals surface area contributed by atoms with Gasteiger partial charge in [0.1, 0.15) is 16.8 Å². The molecular weight excluding hydrogens is 446 g/mol. The normalized spacial score (nSPS) is 10.9. The van der Waals surface area contributed by atoms with Gasteiger partial charge >= 0.3 is 5.91 Å². The zero-order valence-electron chi connectivity index (χ0n) is 15.7. The van der Waals surface area contributed by atoms with Crippen LogP contribution in [0.4, 0.5) is 4.39 Å². The van der Waals surface area contributed by atoms with Crippen LogP contribution in [0.3, 0.4) is 0 Å². The molecule has 4 aromatic rings. The Morgan fingerprint density at radius 3 is 2.42 bits per heavy atom. The Morgan fingerprint density at radius 1 is 1.06 bits per heavy atom. The largest absolute Gasteiger partial charge is 0.429 e. The summed E-state index contributed by atoms with van der Waals surface area (Å²) in [7, 11) is 0. The summed E-state index contributed by atoms with van der Waals surface area (Å²) in [5, 5.41) is 9.56. The van der Waals surface area contributed by atoms with Gasteiger partial charge in [-0.05, 0) is 29.8 Å². The number of Topliss-reactive ketones (excluding diaryl/α,β-unsaturated/α-hetero) is 1. The number of amides is 1. The van der Waals surface area contributed by atoms with Crippen LogP contribution < -0.4 is 5.36 Å². The minimum Gasteiger partial charge on any atom is -0.429 e. The van der Waals surface area contributed by atoms with Crippen molar-refractivity contribution in [2.24, 2.45) is 4.99 Å². The highest BCUT2D eigenvalue weighted by Crippen LogP contribution is 2.22. The molecule has 0 aliphatic heterocycles. The maximum absolute atomic E-state index is 13.2. The SMILES string of the molecule is O=C(N=c1c(Cl)cn(O)cc1Cl)C(=O)c1cn(Cc2ccc(F)cc2)c2ncccc12. The highest BCUT2D eigenvalue weighted by atomic mass is 35.5. The lowest BCUT2D eigenvalue weighted by Crippen LogP contribution is -2.18. The van der Waals surface area contributed by atoms with Gasteiger partial charge in [-0.3, -0.25) is 9.59 Å². The molecule has 1 N–H and O–H groups in total. The van der Waals surface area contributed by atoms with E-state index >= 15 is 0 Å². The Labute approximate surface area is 184 Å². The number of carbonyl (C=O) groups is 2. The smallest absolute Gasteiger partial charge is 0.318 e. The second kappa shape index (κ2) is 8.33. The molecule has 0 spiro atoms. The van der Waals surface area contributed by atoms with Gasteiger partial charge in [0.05, 0.1) is 28.0 Å². The van der Waals surface area contributed by atoms with Crippen molar-refractivity contribution >= 4 is 45.9 Å². The first-order valence-electron chi connectivity index (χ1n) is 8.91. The van der Waals surface area contributed by atoms with Gasteiger partial charge in [0, 0.05) is 24.3 Å². The molecule has 10 heteroatoms. The van der Waals surface area contributed by atoms with Gasteiger partial charge in [0.15, 0.2) is 0 Å². The van der Waals surface area contributed by atoms with Crippen molar-refractivity contribution in [3.8, 4) is 0 Å². The van der Waals surface area contributed by atoms with Crippen molar-refractivity contribution in [3.63, 3.8) is 0 Å². The fraction of sp³-hybridized carbons (Fsp3) is 0.0476. The molecule has 0 aliphatic rings. The number of aromatic nitrogens is 3. The van der Waals surface area contributed by atoms with Crippen LogP contribution in [0.1, 0.15) is 15.9 Å². The highest BCUT2D eigenvalue weighted by Gasteiger charge is 2.22. The fourth-order valence-electron chi connectivity index (χ4n) is 3.09. The Bertz CT molecular complexity index is 1370. The molecular formula is C21H13Cl2FN4O3. The molecule has 1 aromatic carbocycles. The topological polar surface area (TPSA) is 89.5 Å². The molecule has 156 valence electrons. The summed E-state index contributed by atoms with van der Waals surface area (Å²) in [6.07, 6.45) is 5.25. The maximum Gasteiger partial charge on any atom is 0.318 e. The molecule has 0 bridgehead atoms. The summed E-state index contributed by atoms with van der Waals surface area (Å²) in [5.74, 6) is -2.31. The zero-order valence-corrected chi connectivity index (χ0v) is 17.2. The van der Waals surface area contributed by atoms with Crippen molar-refractivity contribution < 1.29 is 19.2 Å². The lowest BCUT2D eigenvalue weighted by atomic mass is 10.1. The molecule has 7 nitrogen and oxygen atoms in total. The predicted octanol–water partition coefficient (Wildman–Crippen LogP) is 3.88. The van der Waals surface area contributed by atoms with Crippen molar-refractivity contribution in [2.45, 2.75) is 6.54 Å². The Morgan fingerprint density at radius 2 is 1.74 bits per heavy atom. The molecule has 3 heterocycles. The van der Waals surface area contributed by atoms with E-state index in [0.717, 1.165) is 18.0 Å². The second-order valence-corrected chi connectivity index (χ2v) is 7.41. The third-order valence-electron chi connectivity index (χ3n) is 4.50. The van der Waals surface area contributed by atoms with E-state index in [9.17, 15) is 19.2 Å². The first kappa shape index (κ1) is 20.8. The number of fused-ring (bicyclic) bond motifs is 1. The summed E-state index contributed by atoms with van der Waals surface area (Å²) in [6.45, 7) is 0.319. The number of carbonyl (C=O) groups excluding carboxylic acids is 2. The minimum absolute atomic E-state index is 0.100. The maximum atomic E-state index is 13.2. The summed E-state index contributed by atoms with van der Waals surface area (Å²) < 4.78 is 15.5. The first-order chi connectivity index (χ1) is 14.8. The van der Waals surface area contributed by atoms with E-state index in [1.807, 2.05) is 0 Å². The molecule has 0 fully saturated rings. The van der Waals surface area contributed by atoms with Crippen LogP contribution in [-0.2, 0) is 11.3 Å². The van der Waals surface area contributed by atoms with E-state index in [2.05, 4.69) is 9.98 Å². The van der Waals surface area contributed by atoms with Crippen LogP contribution in [0.2, 0.25) is 10.0 Å². The quantitative estimate of drug-likeness (QED) is 0.285. The zero-order chi connectivity index (χ0) is 22.1. The van der Waals surface area contributed by atoms with Gasteiger partial charge in [0.2, 0.25) is 0 Å². The molecule has 0 atom stereocenters. The van der Waals surface area contributed by atoms with Gasteiger partial charge in [-0.2, -0.15) is 4.73 Å². The number of rotatable bonds is 4. The minimum atomic E-state index is -1.08. The Kier molecular flexibility index (Phi) is 5.58. The van der Waals surface area contributed by atoms with Gasteiger partial charge in [0.25, 0.3) is 5.78 Å². The van der Waals surface area contributed by atoms with E-state index in [4.69, 9.17) is 23.2 Å². The van der Waals surface area contributed by atoms with E-state index in [1.165, 1.54) is 18.3 Å². The average Bonchev–Trinajstić information content (AvgIpc) is 3.10. The van der Waals surface area contributed by atoms with Crippen LogP contribution >= 0.6 is 23.2 Å². The fourth-order valence-corrected chi connectivity index (χ4v) is 3.63. The number of nitrogens with zero attached hydrogens (tertiary/aromatic N) is 4. The molecule has 4 rings (SSSR count). The van der Waals surface area contributed by atoms with E-state index in [-0.39, 0.29) is 26.8 Å². The van der Waals surface area contributed by atoms with Crippen molar-refractivity contribution in [2.75, 3.05) is 0 Å². The van der Waals surface area contributed by atoms with Crippen LogP contribution in [0.5, 0.6) is 0 Å². The summed E-state index contributed by atoms with van der Waals surface area (Å²) in [5.41, 5.74) is 1.39. The Balaban J connectivity index is 1.74. The van der Waals surface area contributed by atoms with E-state index in [0.29, 0.717) is 22.3 Å². The van der Waals surface area contributed by atoms with Crippen molar-refractivity contribution in [3.05, 3.63) is 93.5 Å². The molecule has 31 heavy (non-hydrogen) atoms. The van der Waals surface area contributed by atoms with E-state index in [1.54, 1.807) is 35.0 Å². The van der Waals surface area contributed by atoms with E-state index < -0.39 is 11.7 Å². The van der Waals surface area contributed by atoms with Gasteiger partial charge in [-0.25, -0.2) is 14.4 Å². The van der Waals surface area contributed by atoms with Gasteiger partial charge in [-0.1, -0.05) is 35.3 Å². The number of halogens is 3. The molecule has 1 amide bonds. The van der Waals surface area contributed by atoms with Crippen LogP contribution in [-0.4, -0.2) is 31.2 Å². The molecule has 0 unspecified atom stereocenters. The van der Waals surface area contributed by atoms with Crippen LogP contribution in [0.25, 0.3) is 11.0 Å². The predicted molar refractivity (Wildman–Crippen MR) is 112 cm³/mol. The molecule has 0 saturated heterocycles. The summed E-state index contributed by atoms with van der Waals surface area (Å²) in [6, 6.07) is 9.24.